The number of hydrogen-bond acceptors (Lipinski definition) is 3. The Labute approximate surface area is 116 Å². The van der Waals surface area contributed by atoms with Crippen LogP contribution in [0.4, 0.5) is 0 Å². The Morgan fingerprint density at radius 2 is 2.06 bits per heavy atom. The van der Waals surface area contributed by atoms with Crippen LogP contribution < -0.4 is 5.32 Å². The highest BCUT2D eigenvalue weighted by Crippen LogP contribution is 2.37. The molecule has 0 bridgehead atoms. The molecule has 1 N–H and O–H groups in total. The number of halogens is 1. The van der Waals surface area contributed by atoms with Crippen LogP contribution in [0.5, 0.6) is 0 Å². The van der Waals surface area contributed by atoms with Gasteiger partial charge in [-0.3, -0.25) is 4.79 Å². The van der Waals surface area contributed by atoms with Crippen molar-refractivity contribution in [3.63, 3.8) is 0 Å². The van der Waals surface area contributed by atoms with Gasteiger partial charge in [0, 0.05) is 26.7 Å². The van der Waals surface area contributed by atoms with E-state index in [1.807, 2.05) is 11.8 Å². The average Bonchev–Trinajstić information content (AvgIpc) is 2.80. The molecule has 106 valence electrons. The fourth-order valence-corrected chi connectivity index (χ4v) is 3.07. The Hall–Kier alpha value is -0.320. The van der Waals surface area contributed by atoms with E-state index in [0.29, 0.717) is 5.41 Å². The summed E-state index contributed by atoms with van der Waals surface area (Å²) in [6.07, 6.45) is 4.08. The smallest absolute Gasteiger partial charge is 0.251 e. The van der Waals surface area contributed by atoms with Gasteiger partial charge in [-0.25, -0.2) is 0 Å². The Morgan fingerprint density at radius 1 is 1.39 bits per heavy atom. The maximum atomic E-state index is 12.1. The highest BCUT2D eigenvalue weighted by molar-refractivity contribution is 5.85. The molecule has 5 heteroatoms. The van der Waals surface area contributed by atoms with Gasteiger partial charge in [-0.15, -0.1) is 12.4 Å². The van der Waals surface area contributed by atoms with Crippen molar-refractivity contribution in [2.75, 3.05) is 33.3 Å². The second-order valence-electron chi connectivity index (χ2n) is 5.38. The fourth-order valence-electron chi connectivity index (χ4n) is 3.07. The normalized spacial score (nSPS) is 23.8. The van der Waals surface area contributed by atoms with Crippen molar-refractivity contribution in [1.82, 2.24) is 10.2 Å². The number of likely N-dealkylation sites (tertiary alicyclic amines) is 1. The topological polar surface area (TPSA) is 41.6 Å². The van der Waals surface area contributed by atoms with E-state index < -0.39 is 0 Å². The molecule has 2 saturated heterocycles. The highest BCUT2D eigenvalue weighted by Gasteiger charge is 2.38. The third-order valence-corrected chi connectivity index (χ3v) is 4.40. The van der Waals surface area contributed by atoms with Gasteiger partial charge < -0.3 is 15.0 Å². The Morgan fingerprint density at radius 3 is 2.50 bits per heavy atom. The molecule has 0 aromatic heterocycles. The van der Waals surface area contributed by atoms with E-state index in [-0.39, 0.29) is 24.4 Å². The summed E-state index contributed by atoms with van der Waals surface area (Å²) in [6.45, 7) is 6.08. The number of hydrogen-bond donors (Lipinski definition) is 1. The van der Waals surface area contributed by atoms with E-state index in [4.69, 9.17) is 4.74 Å². The van der Waals surface area contributed by atoms with Crippen LogP contribution in [0, 0.1) is 5.41 Å². The van der Waals surface area contributed by atoms with Gasteiger partial charge >= 0.3 is 0 Å². The molecule has 0 aromatic rings. The second-order valence-corrected chi connectivity index (χ2v) is 5.38. The summed E-state index contributed by atoms with van der Waals surface area (Å²) in [5, 5.41) is 3.44. The van der Waals surface area contributed by atoms with E-state index >= 15 is 0 Å². The van der Waals surface area contributed by atoms with Crippen LogP contribution in [0.3, 0.4) is 0 Å². The standard InChI is InChI=1S/C13H24N2O2.ClH/c1-3-11(17-2)12(16)15-8-5-13(6-9-15)4-7-14-10-13;/h11,14H,3-10H2,1-2H3;1H. The summed E-state index contributed by atoms with van der Waals surface area (Å²) < 4.78 is 5.23. The molecule has 2 aliphatic heterocycles. The van der Waals surface area contributed by atoms with Crippen molar-refractivity contribution in [3.05, 3.63) is 0 Å². The molecule has 1 unspecified atom stereocenters. The average molecular weight is 277 g/mol. The molecule has 1 spiro atoms. The van der Waals surface area contributed by atoms with Gasteiger partial charge in [-0.05, 0) is 37.6 Å². The van der Waals surface area contributed by atoms with Gasteiger partial charge in [0.15, 0.2) is 0 Å². The lowest BCUT2D eigenvalue weighted by Crippen LogP contribution is -2.47. The first-order chi connectivity index (χ1) is 8.21. The number of amides is 1. The van der Waals surface area contributed by atoms with Gasteiger partial charge in [0.05, 0.1) is 0 Å². The van der Waals surface area contributed by atoms with E-state index in [2.05, 4.69) is 5.32 Å². The first kappa shape index (κ1) is 15.7. The van der Waals surface area contributed by atoms with Crippen molar-refractivity contribution in [2.45, 2.75) is 38.7 Å². The number of nitrogens with zero attached hydrogens (tertiary/aromatic N) is 1. The Bertz CT molecular complexity index is 266. The van der Waals surface area contributed by atoms with Crippen LogP contribution in [0.2, 0.25) is 0 Å². The lowest BCUT2D eigenvalue weighted by atomic mass is 9.78. The third-order valence-electron chi connectivity index (χ3n) is 4.40. The molecular weight excluding hydrogens is 252 g/mol. The van der Waals surface area contributed by atoms with Gasteiger partial charge in [-0.2, -0.15) is 0 Å². The first-order valence-electron chi connectivity index (χ1n) is 6.73. The minimum Gasteiger partial charge on any atom is -0.372 e. The molecule has 4 nitrogen and oxygen atoms in total. The Balaban J connectivity index is 0.00000162. The zero-order chi connectivity index (χ0) is 12.3. The van der Waals surface area contributed by atoms with Crippen LogP contribution in [0.15, 0.2) is 0 Å². The van der Waals surface area contributed by atoms with Crippen LogP contribution in [0.1, 0.15) is 32.6 Å². The monoisotopic (exact) mass is 276 g/mol. The quantitative estimate of drug-likeness (QED) is 0.848. The predicted octanol–water partition coefficient (Wildman–Crippen LogP) is 1.44. The minimum absolute atomic E-state index is 0. The van der Waals surface area contributed by atoms with Crippen molar-refractivity contribution >= 4 is 18.3 Å². The molecular formula is C13H25ClN2O2. The van der Waals surface area contributed by atoms with Crippen molar-refractivity contribution < 1.29 is 9.53 Å². The van der Waals surface area contributed by atoms with Gasteiger partial charge in [-0.1, -0.05) is 6.92 Å². The molecule has 2 rings (SSSR count). The minimum atomic E-state index is -0.245. The number of carbonyl (C=O) groups excluding carboxylic acids is 1. The van der Waals surface area contributed by atoms with E-state index in [1.54, 1.807) is 7.11 Å². The van der Waals surface area contributed by atoms with Crippen molar-refractivity contribution in [1.29, 1.82) is 0 Å². The highest BCUT2D eigenvalue weighted by atomic mass is 35.5. The molecule has 1 atom stereocenters. The lowest BCUT2D eigenvalue weighted by molar-refractivity contribution is -0.144. The summed E-state index contributed by atoms with van der Waals surface area (Å²) in [5.41, 5.74) is 0.478. The summed E-state index contributed by atoms with van der Waals surface area (Å²) in [7, 11) is 1.62. The van der Waals surface area contributed by atoms with Crippen LogP contribution in [0.25, 0.3) is 0 Å². The maximum absolute atomic E-state index is 12.1. The van der Waals surface area contributed by atoms with Crippen LogP contribution >= 0.6 is 12.4 Å². The molecule has 0 aliphatic carbocycles. The second kappa shape index (κ2) is 6.73. The Kier molecular flexibility index (Phi) is 5.89. The van der Waals surface area contributed by atoms with Crippen molar-refractivity contribution in [3.8, 4) is 0 Å². The summed E-state index contributed by atoms with van der Waals surface area (Å²) in [5.74, 6) is 0.177. The lowest BCUT2D eigenvalue weighted by Gasteiger charge is -2.39. The maximum Gasteiger partial charge on any atom is 0.251 e. The summed E-state index contributed by atoms with van der Waals surface area (Å²) >= 11 is 0. The van der Waals surface area contributed by atoms with Crippen LogP contribution in [-0.4, -0.2) is 50.2 Å². The van der Waals surface area contributed by atoms with E-state index in [1.165, 1.54) is 6.42 Å². The SMILES string of the molecule is CCC(OC)C(=O)N1CCC2(CCNC2)CC1.Cl. The molecule has 18 heavy (non-hydrogen) atoms. The van der Waals surface area contributed by atoms with Crippen molar-refractivity contribution in [2.24, 2.45) is 5.41 Å². The van der Waals surface area contributed by atoms with Gasteiger partial charge in [0.1, 0.15) is 6.10 Å². The number of ether oxygens (including phenoxy) is 1. The molecule has 1 amide bonds. The number of piperidine rings is 1. The van der Waals surface area contributed by atoms with Gasteiger partial charge in [0.2, 0.25) is 0 Å². The fraction of sp³-hybridized carbons (Fsp3) is 0.923. The molecule has 2 fully saturated rings. The molecule has 2 aliphatic rings. The van der Waals surface area contributed by atoms with Gasteiger partial charge in [0.25, 0.3) is 5.91 Å². The molecule has 0 aromatic carbocycles. The number of nitrogens with one attached hydrogen (secondary N) is 1. The first-order valence-corrected chi connectivity index (χ1v) is 6.73. The van der Waals surface area contributed by atoms with Crippen LogP contribution in [-0.2, 0) is 9.53 Å². The van der Waals surface area contributed by atoms with E-state index in [0.717, 1.165) is 45.4 Å². The molecule has 0 saturated carbocycles. The predicted molar refractivity (Wildman–Crippen MR) is 74.1 cm³/mol. The molecule has 2 heterocycles. The number of methoxy groups -OCH3 is 1. The zero-order valence-electron chi connectivity index (χ0n) is 11.4. The zero-order valence-corrected chi connectivity index (χ0v) is 12.2. The summed E-state index contributed by atoms with van der Waals surface area (Å²) in [4.78, 5) is 14.1. The van der Waals surface area contributed by atoms with E-state index in [9.17, 15) is 4.79 Å². The largest absolute Gasteiger partial charge is 0.372 e. The number of rotatable bonds is 3. The summed E-state index contributed by atoms with van der Waals surface area (Å²) in [6, 6.07) is 0. The number of carbonyl (C=O) groups is 1. The third kappa shape index (κ3) is 3.16. The molecule has 0 radical (unpaired) electrons.